The molecule has 1 aromatic rings. The zero-order valence-corrected chi connectivity index (χ0v) is 10.2. The standard InChI is InChI=1S/C13H20O3/c1-4-10-8-12(15-2)13(16-3)9-11(10)6-5-7-14/h8-9,14H,4-7H2,1-3H3. The Morgan fingerprint density at radius 1 is 1.06 bits per heavy atom. The minimum atomic E-state index is 0.220. The molecule has 3 nitrogen and oxygen atoms in total. The summed E-state index contributed by atoms with van der Waals surface area (Å²) in [5.74, 6) is 1.53. The van der Waals surface area contributed by atoms with Crippen molar-refractivity contribution < 1.29 is 14.6 Å². The van der Waals surface area contributed by atoms with Gasteiger partial charge in [0, 0.05) is 6.61 Å². The van der Waals surface area contributed by atoms with Gasteiger partial charge in [-0.3, -0.25) is 0 Å². The highest BCUT2D eigenvalue weighted by Gasteiger charge is 2.09. The van der Waals surface area contributed by atoms with Crippen LogP contribution in [0.15, 0.2) is 12.1 Å². The first-order chi connectivity index (χ1) is 7.76. The minimum absolute atomic E-state index is 0.220. The highest BCUT2D eigenvalue weighted by Crippen LogP contribution is 2.31. The molecular weight excluding hydrogens is 204 g/mol. The lowest BCUT2D eigenvalue weighted by Crippen LogP contribution is -1.99. The largest absolute Gasteiger partial charge is 0.493 e. The van der Waals surface area contributed by atoms with Gasteiger partial charge in [-0.1, -0.05) is 6.92 Å². The van der Waals surface area contributed by atoms with E-state index >= 15 is 0 Å². The Balaban J connectivity index is 3.05. The Morgan fingerprint density at radius 3 is 2.06 bits per heavy atom. The number of aliphatic hydroxyl groups is 1. The Hall–Kier alpha value is -1.22. The lowest BCUT2D eigenvalue weighted by atomic mass is 10.00. The maximum absolute atomic E-state index is 8.86. The van der Waals surface area contributed by atoms with Crippen LogP contribution in [0, 0.1) is 0 Å². The molecule has 0 heterocycles. The molecule has 0 saturated heterocycles. The van der Waals surface area contributed by atoms with Gasteiger partial charge in [-0.15, -0.1) is 0 Å². The zero-order valence-electron chi connectivity index (χ0n) is 10.2. The van der Waals surface area contributed by atoms with Crippen molar-refractivity contribution in [3.05, 3.63) is 23.3 Å². The summed E-state index contributed by atoms with van der Waals surface area (Å²) in [5.41, 5.74) is 2.49. The average molecular weight is 224 g/mol. The lowest BCUT2D eigenvalue weighted by Gasteiger charge is -2.13. The predicted molar refractivity (Wildman–Crippen MR) is 64.3 cm³/mol. The van der Waals surface area contributed by atoms with Crippen LogP contribution in [0.4, 0.5) is 0 Å². The summed E-state index contributed by atoms with van der Waals surface area (Å²) < 4.78 is 10.5. The van der Waals surface area contributed by atoms with Crippen molar-refractivity contribution in [2.24, 2.45) is 0 Å². The Kier molecular flexibility index (Phi) is 5.12. The van der Waals surface area contributed by atoms with Gasteiger partial charge in [0.1, 0.15) is 0 Å². The molecule has 1 rings (SSSR count). The van der Waals surface area contributed by atoms with Gasteiger partial charge < -0.3 is 14.6 Å². The van der Waals surface area contributed by atoms with E-state index in [1.54, 1.807) is 14.2 Å². The van der Waals surface area contributed by atoms with Gasteiger partial charge in [-0.05, 0) is 42.5 Å². The van der Waals surface area contributed by atoms with Gasteiger partial charge in [-0.25, -0.2) is 0 Å². The van der Waals surface area contributed by atoms with E-state index in [9.17, 15) is 0 Å². The molecule has 0 atom stereocenters. The number of methoxy groups -OCH3 is 2. The van der Waals surface area contributed by atoms with Crippen LogP contribution < -0.4 is 9.47 Å². The van der Waals surface area contributed by atoms with E-state index in [2.05, 4.69) is 6.92 Å². The fourth-order valence-corrected chi connectivity index (χ4v) is 1.79. The second kappa shape index (κ2) is 6.38. The van der Waals surface area contributed by atoms with Gasteiger partial charge in [0.15, 0.2) is 11.5 Å². The van der Waals surface area contributed by atoms with Crippen LogP contribution in [0.5, 0.6) is 11.5 Å². The van der Waals surface area contributed by atoms with Crippen LogP contribution in [0.3, 0.4) is 0 Å². The minimum Gasteiger partial charge on any atom is -0.493 e. The molecule has 0 aliphatic carbocycles. The number of aliphatic hydroxyl groups excluding tert-OH is 1. The first-order valence-corrected chi connectivity index (χ1v) is 5.61. The molecule has 0 fully saturated rings. The van der Waals surface area contributed by atoms with Gasteiger partial charge in [-0.2, -0.15) is 0 Å². The highest BCUT2D eigenvalue weighted by molar-refractivity contribution is 5.47. The van der Waals surface area contributed by atoms with Crippen molar-refractivity contribution in [1.29, 1.82) is 0 Å². The van der Waals surface area contributed by atoms with Gasteiger partial charge in [0.05, 0.1) is 14.2 Å². The number of benzene rings is 1. The smallest absolute Gasteiger partial charge is 0.161 e. The van der Waals surface area contributed by atoms with E-state index in [1.165, 1.54) is 11.1 Å². The van der Waals surface area contributed by atoms with Crippen LogP contribution >= 0.6 is 0 Å². The van der Waals surface area contributed by atoms with E-state index in [1.807, 2.05) is 12.1 Å². The van der Waals surface area contributed by atoms with Crippen LogP contribution in [0.2, 0.25) is 0 Å². The number of aryl methyl sites for hydroxylation is 2. The zero-order chi connectivity index (χ0) is 12.0. The first kappa shape index (κ1) is 12.8. The average Bonchev–Trinajstić information content (AvgIpc) is 2.35. The molecule has 0 aromatic heterocycles. The van der Waals surface area contributed by atoms with E-state index < -0.39 is 0 Å². The lowest BCUT2D eigenvalue weighted by molar-refractivity contribution is 0.288. The molecule has 0 unspecified atom stereocenters. The Morgan fingerprint density at radius 2 is 1.62 bits per heavy atom. The van der Waals surface area contributed by atoms with Crippen molar-refractivity contribution in [2.75, 3.05) is 20.8 Å². The molecule has 90 valence electrons. The van der Waals surface area contributed by atoms with E-state index in [0.29, 0.717) is 0 Å². The van der Waals surface area contributed by atoms with Crippen molar-refractivity contribution >= 4 is 0 Å². The van der Waals surface area contributed by atoms with Gasteiger partial charge in [0.2, 0.25) is 0 Å². The third kappa shape index (κ3) is 2.89. The molecule has 0 bridgehead atoms. The number of hydrogen-bond acceptors (Lipinski definition) is 3. The quantitative estimate of drug-likeness (QED) is 0.805. The predicted octanol–water partition coefficient (Wildman–Crippen LogP) is 2.19. The SMILES string of the molecule is CCc1cc(OC)c(OC)cc1CCCO. The van der Waals surface area contributed by atoms with Crippen molar-refractivity contribution in [2.45, 2.75) is 26.2 Å². The number of rotatable bonds is 6. The number of hydrogen-bond donors (Lipinski definition) is 1. The molecule has 3 heteroatoms. The van der Waals surface area contributed by atoms with Crippen LogP contribution in [0.1, 0.15) is 24.5 Å². The summed E-state index contributed by atoms with van der Waals surface area (Å²) in [5, 5.41) is 8.86. The van der Waals surface area contributed by atoms with Crippen LogP contribution in [0.25, 0.3) is 0 Å². The molecule has 1 aromatic carbocycles. The van der Waals surface area contributed by atoms with Crippen molar-refractivity contribution in [3.8, 4) is 11.5 Å². The monoisotopic (exact) mass is 224 g/mol. The molecule has 0 aliphatic heterocycles. The Labute approximate surface area is 97.0 Å². The normalized spacial score (nSPS) is 10.2. The second-order valence-corrected chi connectivity index (χ2v) is 3.66. The molecule has 0 saturated carbocycles. The van der Waals surface area contributed by atoms with E-state index in [4.69, 9.17) is 14.6 Å². The van der Waals surface area contributed by atoms with Crippen molar-refractivity contribution in [1.82, 2.24) is 0 Å². The molecular formula is C13H20O3. The fourth-order valence-electron chi connectivity index (χ4n) is 1.79. The molecule has 16 heavy (non-hydrogen) atoms. The summed E-state index contributed by atoms with van der Waals surface area (Å²) in [7, 11) is 3.28. The third-order valence-corrected chi connectivity index (χ3v) is 2.69. The van der Waals surface area contributed by atoms with Crippen LogP contribution in [-0.2, 0) is 12.8 Å². The summed E-state index contributed by atoms with van der Waals surface area (Å²) in [4.78, 5) is 0. The van der Waals surface area contributed by atoms with Crippen molar-refractivity contribution in [3.63, 3.8) is 0 Å². The maximum Gasteiger partial charge on any atom is 0.161 e. The fraction of sp³-hybridized carbons (Fsp3) is 0.538. The van der Waals surface area contributed by atoms with Crippen LogP contribution in [-0.4, -0.2) is 25.9 Å². The van der Waals surface area contributed by atoms with Gasteiger partial charge in [0.25, 0.3) is 0 Å². The van der Waals surface area contributed by atoms with E-state index in [0.717, 1.165) is 30.8 Å². The summed E-state index contributed by atoms with van der Waals surface area (Å²) in [6.45, 7) is 2.33. The summed E-state index contributed by atoms with van der Waals surface area (Å²) >= 11 is 0. The third-order valence-electron chi connectivity index (χ3n) is 2.69. The first-order valence-electron chi connectivity index (χ1n) is 5.61. The number of ether oxygens (including phenoxy) is 2. The molecule has 0 amide bonds. The maximum atomic E-state index is 8.86. The second-order valence-electron chi connectivity index (χ2n) is 3.66. The molecule has 1 N–H and O–H groups in total. The molecule has 0 radical (unpaired) electrons. The van der Waals surface area contributed by atoms with Gasteiger partial charge >= 0.3 is 0 Å². The topological polar surface area (TPSA) is 38.7 Å². The van der Waals surface area contributed by atoms with E-state index in [-0.39, 0.29) is 6.61 Å². The Bertz CT molecular complexity index is 334. The highest BCUT2D eigenvalue weighted by atomic mass is 16.5. The molecule has 0 aliphatic rings. The molecule has 0 spiro atoms. The summed E-state index contributed by atoms with van der Waals surface area (Å²) in [6.07, 6.45) is 2.61. The summed E-state index contributed by atoms with van der Waals surface area (Å²) in [6, 6.07) is 4.03.